The Bertz CT molecular complexity index is 551. The van der Waals surface area contributed by atoms with Crippen LogP contribution in [0.4, 0.5) is 13.2 Å². The zero-order valence-corrected chi connectivity index (χ0v) is 12.9. The summed E-state index contributed by atoms with van der Waals surface area (Å²) in [6.45, 7) is 0.321. The second-order valence-electron chi connectivity index (χ2n) is 5.32. The van der Waals surface area contributed by atoms with Gasteiger partial charge in [-0.25, -0.2) is 0 Å². The molecule has 1 atom stereocenters. The lowest BCUT2D eigenvalue weighted by Gasteiger charge is -2.26. The topological polar surface area (TPSA) is 18.5 Å². The molecule has 1 fully saturated rings. The van der Waals surface area contributed by atoms with Crippen molar-refractivity contribution in [1.29, 1.82) is 0 Å². The minimum Gasteiger partial charge on any atom is -0.372 e. The number of hydrogen-bond acceptors (Lipinski definition) is 2. The standard InChI is InChI=1S/C16H18F3O2S/c17-16(18,19)11-21-14-5-6-15(22-9-7-20-8-10-22)13-4-2-1-3-12(13)14/h1-4,6,14H,5,7-11H2/q+1. The van der Waals surface area contributed by atoms with E-state index in [1.807, 2.05) is 24.3 Å². The van der Waals surface area contributed by atoms with E-state index in [2.05, 4.69) is 6.08 Å². The number of fused-ring (bicyclic) bond motifs is 1. The lowest BCUT2D eigenvalue weighted by atomic mass is 9.94. The van der Waals surface area contributed by atoms with Crippen molar-refractivity contribution >= 4 is 15.8 Å². The molecule has 2 aliphatic rings. The molecule has 0 saturated carbocycles. The summed E-state index contributed by atoms with van der Waals surface area (Å²) in [6.07, 6.45) is -2.22. The first-order chi connectivity index (χ1) is 10.5. The molecule has 0 amide bonds. The third kappa shape index (κ3) is 3.67. The van der Waals surface area contributed by atoms with Crippen molar-refractivity contribution in [2.45, 2.75) is 18.7 Å². The third-order valence-electron chi connectivity index (χ3n) is 3.80. The van der Waals surface area contributed by atoms with Crippen molar-refractivity contribution in [3.63, 3.8) is 0 Å². The highest BCUT2D eigenvalue weighted by atomic mass is 32.2. The summed E-state index contributed by atoms with van der Waals surface area (Å²) in [5, 5.41) is 0. The molecule has 1 heterocycles. The van der Waals surface area contributed by atoms with E-state index in [-0.39, 0.29) is 10.9 Å². The molecule has 6 heteroatoms. The zero-order chi connectivity index (χ0) is 15.6. The Labute approximate surface area is 130 Å². The fourth-order valence-corrected chi connectivity index (χ4v) is 4.93. The Morgan fingerprint density at radius 3 is 2.64 bits per heavy atom. The Balaban J connectivity index is 1.81. The molecule has 0 bridgehead atoms. The normalized spacial score (nSPS) is 23.0. The molecule has 1 unspecified atom stereocenters. The van der Waals surface area contributed by atoms with Crippen LogP contribution in [0.25, 0.3) is 4.91 Å². The molecule has 1 aromatic carbocycles. The SMILES string of the molecule is FC(F)(F)COC1CC=C([S+]2CCOCC2)c2ccccc21. The number of rotatable bonds is 3. The van der Waals surface area contributed by atoms with E-state index in [9.17, 15) is 13.2 Å². The molecule has 22 heavy (non-hydrogen) atoms. The van der Waals surface area contributed by atoms with Gasteiger partial charge in [0.1, 0.15) is 18.1 Å². The minimum absolute atomic E-state index is 0.130. The van der Waals surface area contributed by atoms with Crippen LogP contribution in [0.15, 0.2) is 30.3 Å². The van der Waals surface area contributed by atoms with Gasteiger partial charge >= 0.3 is 6.18 Å². The van der Waals surface area contributed by atoms with Crippen molar-refractivity contribution in [2.75, 3.05) is 31.3 Å². The van der Waals surface area contributed by atoms with Crippen LogP contribution in [0.5, 0.6) is 0 Å². The maximum absolute atomic E-state index is 12.4. The monoisotopic (exact) mass is 331 g/mol. The lowest BCUT2D eigenvalue weighted by Crippen LogP contribution is -2.28. The molecular weight excluding hydrogens is 313 g/mol. The van der Waals surface area contributed by atoms with Crippen molar-refractivity contribution < 1.29 is 22.6 Å². The highest BCUT2D eigenvalue weighted by Crippen LogP contribution is 2.39. The van der Waals surface area contributed by atoms with Gasteiger partial charge in [0.05, 0.1) is 19.3 Å². The Morgan fingerprint density at radius 1 is 1.18 bits per heavy atom. The average Bonchev–Trinajstić information content (AvgIpc) is 2.52. The van der Waals surface area contributed by atoms with E-state index in [0.29, 0.717) is 6.42 Å². The summed E-state index contributed by atoms with van der Waals surface area (Å²) in [6, 6.07) is 7.67. The lowest BCUT2D eigenvalue weighted by molar-refractivity contribution is -0.186. The second kappa shape index (κ2) is 6.64. The van der Waals surface area contributed by atoms with Gasteiger partial charge < -0.3 is 9.47 Å². The van der Waals surface area contributed by atoms with E-state index < -0.39 is 18.9 Å². The summed E-state index contributed by atoms with van der Waals surface area (Å²) >= 11 is 0. The quantitative estimate of drug-likeness (QED) is 0.786. The summed E-state index contributed by atoms with van der Waals surface area (Å²) in [7, 11) is 0.130. The van der Waals surface area contributed by atoms with Crippen LogP contribution in [-0.4, -0.2) is 37.5 Å². The minimum atomic E-state index is -4.29. The van der Waals surface area contributed by atoms with Gasteiger partial charge in [-0.3, -0.25) is 0 Å². The van der Waals surface area contributed by atoms with Crippen molar-refractivity contribution in [1.82, 2.24) is 0 Å². The van der Waals surface area contributed by atoms with Crippen molar-refractivity contribution in [3.8, 4) is 0 Å². The first kappa shape index (κ1) is 15.9. The van der Waals surface area contributed by atoms with Gasteiger partial charge in [-0.2, -0.15) is 13.2 Å². The van der Waals surface area contributed by atoms with Crippen LogP contribution in [0.3, 0.4) is 0 Å². The van der Waals surface area contributed by atoms with Gasteiger partial charge in [0.25, 0.3) is 0 Å². The maximum Gasteiger partial charge on any atom is 0.411 e. The van der Waals surface area contributed by atoms with Crippen LogP contribution in [0.1, 0.15) is 23.7 Å². The molecule has 1 saturated heterocycles. The molecule has 1 aliphatic heterocycles. The summed E-state index contributed by atoms with van der Waals surface area (Å²) in [5.41, 5.74) is 1.93. The fourth-order valence-electron chi connectivity index (χ4n) is 2.82. The van der Waals surface area contributed by atoms with E-state index in [0.717, 1.165) is 35.8 Å². The van der Waals surface area contributed by atoms with Crippen LogP contribution in [0, 0.1) is 0 Å². The fraction of sp³-hybridized carbons (Fsp3) is 0.500. The predicted octanol–water partition coefficient (Wildman–Crippen LogP) is 3.70. The predicted molar refractivity (Wildman–Crippen MR) is 81.7 cm³/mol. The van der Waals surface area contributed by atoms with Gasteiger partial charge in [0.2, 0.25) is 0 Å². The number of hydrogen-bond donors (Lipinski definition) is 0. The summed E-state index contributed by atoms with van der Waals surface area (Å²) < 4.78 is 47.7. The summed E-state index contributed by atoms with van der Waals surface area (Å²) in [4.78, 5) is 1.27. The molecule has 2 nitrogen and oxygen atoms in total. The average molecular weight is 331 g/mol. The summed E-state index contributed by atoms with van der Waals surface area (Å²) in [5.74, 6) is 1.99. The first-order valence-electron chi connectivity index (χ1n) is 7.27. The largest absolute Gasteiger partial charge is 0.411 e. The smallest absolute Gasteiger partial charge is 0.372 e. The molecular formula is C16H18F3O2S+. The molecule has 0 aromatic heterocycles. The van der Waals surface area contributed by atoms with Crippen LogP contribution < -0.4 is 0 Å². The van der Waals surface area contributed by atoms with E-state index in [1.54, 1.807) is 0 Å². The van der Waals surface area contributed by atoms with Gasteiger partial charge in [0, 0.05) is 22.9 Å². The molecule has 0 radical (unpaired) electrons. The van der Waals surface area contributed by atoms with E-state index in [4.69, 9.17) is 9.47 Å². The molecule has 0 N–H and O–H groups in total. The van der Waals surface area contributed by atoms with Crippen LogP contribution >= 0.6 is 0 Å². The molecule has 1 aromatic rings. The van der Waals surface area contributed by atoms with E-state index >= 15 is 0 Å². The highest BCUT2D eigenvalue weighted by molar-refractivity contribution is 8.05. The van der Waals surface area contributed by atoms with Gasteiger partial charge in [0.15, 0.2) is 4.91 Å². The zero-order valence-electron chi connectivity index (χ0n) is 12.1. The molecule has 120 valence electrons. The third-order valence-corrected chi connectivity index (χ3v) is 6.13. The number of alkyl halides is 3. The molecule has 0 spiro atoms. The van der Waals surface area contributed by atoms with Gasteiger partial charge in [-0.15, -0.1) is 0 Å². The molecule has 3 rings (SSSR count). The van der Waals surface area contributed by atoms with Crippen molar-refractivity contribution in [2.24, 2.45) is 0 Å². The van der Waals surface area contributed by atoms with Crippen LogP contribution in [-0.2, 0) is 20.4 Å². The molecule has 1 aliphatic carbocycles. The number of benzene rings is 1. The van der Waals surface area contributed by atoms with Crippen LogP contribution in [0.2, 0.25) is 0 Å². The Morgan fingerprint density at radius 2 is 1.91 bits per heavy atom. The van der Waals surface area contributed by atoms with Crippen molar-refractivity contribution in [3.05, 3.63) is 41.5 Å². The van der Waals surface area contributed by atoms with Gasteiger partial charge in [-0.1, -0.05) is 18.2 Å². The van der Waals surface area contributed by atoms with Gasteiger partial charge in [-0.05, 0) is 17.7 Å². The Kier molecular flexibility index (Phi) is 4.80. The number of halogens is 3. The van der Waals surface area contributed by atoms with E-state index in [1.165, 1.54) is 4.91 Å². The highest BCUT2D eigenvalue weighted by Gasteiger charge is 2.36. The maximum atomic E-state index is 12.4. The number of ether oxygens (including phenoxy) is 2. The Hall–Kier alpha value is -0.980. The first-order valence-corrected chi connectivity index (χ1v) is 8.84. The second-order valence-corrected chi connectivity index (χ2v) is 7.56.